The lowest BCUT2D eigenvalue weighted by molar-refractivity contribution is -0.138. The molecular formula is C26H39N3O3. The molecule has 1 aliphatic heterocycles. The Labute approximate surface area is 192 Å². The topological polar surface area (TPSA) is 75.9 Å². The summed E-state index contributed by atoms with van der Waals surface area (Å²) < 4.78 is 4.54. The minimum Gasteiger partial charge on any atom is -0.376 e. The van der Waals surface area contributed by atoms with Crippen LogP contribution < -0.4 is 10.6 Å². The third-order valence-corrected chi connectivity index (χ3v) is 7.56. The fourth-order valence-electron chi connectivity index (χ4n) is 6.60. The summed E-state index contributed by atoms with van der Waals surface area (Å²) in [6, 6.07) is 9.02. The van der Waals surface area contributed by atoms with Crippen molar-refractivity contribution in [3.8, 4) is 0 Å². The van der Waals surface area contributed by atoms with Crippen LogP contribution in [0.15, 0.2) is 24.3 Å². The number of para-hydroxylation sites is 1. The second kappa shape index (κ2) is 8.69. The Balaban J connectivity index is 1.36. The molecule has 0 aromatic heterocycles. The summed E-state index contributed by atoms with van der Waals surface area (Å²) in [6.45, 7) is 14.6. The average Bonchev–Trinajstić information content (AvgIpc) is 3.45. The molecule has 1 amide bonds. The summed E-state index contributed by atoms with van der Waals surface area (Å²) in [7, 11) is 0. The van der Waals surface area contributed by atoms with Crippen LogP contribution in [0, 0.1) is 22.7 Å². The van der Waals surface area contributed by atoms with Gasteiger partial charge in [-0.15, -0.1) is 0 Å². The van der Waals surface area contributed by atoms with Crippen molar-refractivity contribution in [1.29, 1.82) is 0 Å². The Morgan fingerprint density at radius 2 is 1.66 bits per heavy atom. The number of ether oxygens (including phenoxy) is 1. The minimum atomic E-state index is -1.00. The molecule has 0 bridgehead atoms. The Kier molecular flexibility index (Phi) is 6.27. The fraction of sp³-hybridized carbons (Fsp3) is 0.692. The van der Waals surface area contributed by atoms with E-state index in [0.717, 1.165) is 39.1 Å². The van der Waals surface area contributed by atoms with E-state index >= 15 is 0 Å². The molecule has 1 aromatic carbocycles. The van der Waals surface area contributed by atoms with E-state index in [1.165, 1.54) is 30.5 Å². The lowest BCUT2D eigenvalue weighted by atomic mass is 9.60. The molecule has 3 fully saturated rings. The van der Waals surface area contributed by atoms with Gasteiger partial charge in [0.15, 0.2) is 0 Å². The molecule has 0 radical (unpaired) electrons. The third-order valence-electron chi connectivity index (χ3n) is 7.56. The van der Waals surface area contributed by atoms with Crippen molar-refractivity contribution in [3.63, 3.8) is 0 Å². The standard InChI is InChI=1S/C26H39N3O3/c1-25(2)14-19(15-26(3,4)17-25)20-7-5-6-8-22(20)29-11-9-28(10-12-29)16-18-13-21(18)23(30)32-24(27)31/h5-8,18-19,21H,9-17H2,1-4H3,(H2,27,31). The molecule has 2 saturated carbocycles. The maximum absolute atomic E-state index is 11.8. The SMILES string of the molecule is CC1(C)CC(c2ccccc2N2CCN(CC3CC3C(=O)OC(N)=O)CC2)CC(C)(C)C1. The second-order valence-corrected chi connectivity index (χ2v) is 11.8. The molecular weight excluding hydrogens is 402 g/mol. The molecule has 176 valence electrons. The highest BCUT2D eigenvalue weighted by molar-refractivity contribution is 5.86. The van der Waals surface area contributed by atoms with Crippen LogP contribution >= 0.6 is 0 Å². The quantitative estimate of drug-likeness (QED) is 0.542. The van der Waals surface area contributed by atoms with Gasteiger partial charge in [0.25, 0.3) is 0 Å². The van der Waals surface area contributed by atoms with Crippen LogP contribution in [0.1, 0.15) is 64.9 Å². The van der Waals surface area contributed by atoms with Crippen molar-refractivity contribution in [1.82, 2.24) is 4.90 Å². The first-order valence-electron chi connectivity index (χ1n) is 12.1. The molecule has 0 spiro atoms. The lowest BCUT2D eigenvalue weighted by Gasteiger charge is -2.46. The zero-order valence-corrected chi connectivity index (χ0v) is 20.1. The summed E-state index contributed by atoms with van der Waals surface area (Å²) >= 11 is 0. The van der Waals surface area contributed by atoms with Crippen LogP contribution in [0.3, 0.4) is 0 Å². The largest absolute Gasteiger partial charge is 0.412 e. The molecule has 2 N–H and O–H groups in total. The van der Waals surface area contributed by atoms with Gasteiger partial charge in [-0.05, 0) is 60.0 Å². The number of piperazine rings is 1. The van der Waals surface area contributed by atoms with E-state index in [4.69, 9.17) is 5.73 Å². The number of benzene rings is 1. The molecule has 3 aliphatic rings. The summed E-state index contributed by atoms with van der Waals surface area (Å²) in [4.78, 5) is 27.6. The second-order valence-electron chi connectivity index (χ2n) is 11.8. The first-order chi connectivity index (χ1) is 15.0. The van der Waals surface area contributed by atoms with Crippen molar-refractivity contribution in [3.05, 3.63) is 29.8 Å². The van der Waals surface area contributed by atoms with E-state index in [2.05, 4.69) is 66.5 Å². The Hall–Kier alpha value is -2.08. The highest BCUT2D eigenvalue weighted by Gasteiger charge is 2.46. The zero-order valence-electron chi connectivity index (χ0n) is 20.1. The highest BCUT2D eigenvalue weighted by Crippen LogP contribution is 2.53. The highest BCUT2D eigenvalue weighted by atomic mass is 16.6. The molecule has 2 aliphatic carbocycles. The number of carbonyl (C=O) groups excluding carboxylic acids is 2. The minimum absolute atomic E-state index is 0.167. The molecule has 32 heavy (non-hydrogen) atoms. The van der Waals surface area contributed by atoms with E-state index in [9.17, 15) is 9.59 Å². The van der Waals surface area contributed by atoms with Crippen molar-refractivity contribution >= 4 is 17.7 Å². The van der Waals surface area contributed by atoms with Crippen molar-refractivity contribution in [2.45, 2.75) is 59.3 Å². The van der Waals surface area contributed by atoms with E-state index in [-0.39, 0.29) is 11.8 Å². The van der Waals surface area contributed by atoms with Crippen LogP contribution in [0.25, 0.3) is 0 Å². The van der Waals surface area contributed by atoms with E-state index in [0.29, 0.717) is 16.7 Å². The molecule has 6 heteroatoms. The molecule has 2 unspecified atom stereocenters. The normalized spacial score (nSPS) is 27.7. The molecule has 1 heterocycles. The number of carbonyl (C=O) groups is 2. The number of hydrogen-bond donors (Lipinski definition) is 1. The van der Waals surface area contributed by atoms with Crippen LogP contribution in [0.2, 0.25) is 0 Å². The molecule has 1 saturated heterocycles. The van der Waals surface area contributed by atoms with Gasteiger partial charge in [0.1, 0.15) is 0 Å². The van der Waals surface area contributed by atoms with E-state index < -0.39 is 12.1 Å². The summed E-state index contributed by atoms with van der Waals surface area (Å²) in [5.41, 5.74) is 8.61. The molecule has 1 aromatic rings. The molecule has 6 nitrogen and oxygen atoms in total. The predicted molar refractivity (Wildman–Crippen MR) is 127 cm³/mol. The first-order valence-corrected chi connectivity index (χ1v) is 12.1. The number of esters is 1. The monoisotopic (exact) mass is 441 g/mol. The smallest absolute Gasteiger partial charge is 0.376 e. The number of nitrogens with zero attached hydrogens (tertiary/aromatic N) is 2. The van der Waals surface area contributed by atoms with Crippen LogP contribution in [-0.2, 0) is 9.53 Å². The van der Waals surface area contributed by atoms with Gasteiger partial charge in [0.2, 0.25) is 0 Å². The number of amides is 1. The third kappa shape index (κ3) is 5.45. The van der Waals surface area contributed by atoms with Gasteiger partial charge in [-0.1, -0.05) is 45.9 Å². The number of anilines is 1. The predicted octanol–water partition coefficient (Wildman–Crippen LogP) is 4.39. The molecule has 2 atom stereocenters. The first kappa shape index (κ1) is 23.1. The number of nitrogens with two attached hydrogens (primary N) is 1. The number of rotatable bonds is 5. The van der Waals surface area contributed by atoms with E-state index in [1.807, 2.05) is 0 Å². The summed E-state index contributed by atoms with van der Waals surface area (Å²) in [5, 5.41) is 0. The van der Waals surface area contributed by atoms with Gasteiger partial charge in [-0.3, -0.25) is 9.69 Å². The lowest BCUT2D eigenvalue weighted by Crippen LogP contribution is -2.47. The van der Waals surface area contributed by atoms with Gasteiger partial charge in [-0.2, -0.15) is 0 Å². The summed E-state index contributed by atoms with van der Waals surface area (Å²) in [6.07, 6.45) is 3.57. The van der Waals surface area contributed by atoms with Gasteiger partial charge >= 0.3 is 12.1 Å². The van der Waals surface area contributed by atoms with Crippen LogP contribution in [-0.4, -0.2) is 49.7 Å². The van der Waals surface area contributed by atoms with Crippen LogP contribution in [0.5, 0.6) is 0 Å². The van der Waals surface area contributed by atoms with Crippen molar-refractivity contribution < 1.29 is 14.3 Å². The van der Waals surface area contributed by atoms with Gasteiger partial charge in [0, 0.05) is 38.4 Å². The Bertz CT molecular complexity index is 842. The summed E-state index contributed by atoms with van der Waals surface area (Å²) in [5.74, 6) is 0.256. The van der Waals surface area contributed by atoms with Crippen molar-refractivity contribution in [2.75, 3.05) is 37.6 Å². The van der Waals surface area contributed by atoms with Crippen molar-refractivity contribution in [2.24, 2.45) is 28.4 Å². The van der Waals surface area contributed by atoms with Gasteiger partial charge in [-0.25, -0.2) is 4.79 Å². The number of hydrogen-bond acceptors (Lipinski definition) is 5. The maximum atomic E-state index is 11.8. The van der Waals surface area contributed by atoms with Crippen LogP contribution in [0.4, 0.5) is 10.5 Å². The zero-order chi connectivity index (χ0) is 23.1. The average molecular weight is 442 g/mol. The van der Waals surface area contributed by atoms with Gasteiger partial charge in [0.05, 0.1) is 5.92 Å². The fourth-order valence-corrected chi connectivity index (χ4v) is 6.60. The van der Waals surface area contributed by atoms with E-state index in [1.54, 1.807) is 0 Å². The maximum Gasteiger partial charge on any atom is 0.412 e. The number of primary amides is 1. The van der Waals surface area contributed by atoms with Gasteiger partial charge < -0.3 is 15.4 Å². The Morgan fingerprint density at radius 3 is 2.28 bits per heavy atom. The molecule has 4 rings (SSSR count). The Morgan fingerprint density at radius 1 is 1.03 bits per heavy atom.